The van der Waals surface area contributed by atoms with Crippen LogP contribution in [0.3, 0.4) is 0 Å². The van der Waals surface area contributed by atoms with Gasteiger partial charge in [-0.1, -0.05) is 48.5 Å². The smallest absolute Gasteiger partial charge is 0.269 e. The van der Waals surface area contributed by atoms with Crippen LogP contribution in [0.2, 0.25) is 0 Å². The molecule has 138 valence electrons. The molecule has 3 aromatic carbocycles. The molecule has 5 nitrogen and oxygen atoms in total. The van der Waals surface area contributed by atoms with Crippen LogP contribution >= 0.6 is 0 Å². The number of nitrogens with zero attached hydrogens (tertiary/aromatic N) is 1. The lowest BCUT2D eigenvalue weighted by Crippen LogP contribution is -2.45. The molecule has 3 heterocycles. The fraction of sp³-hybridized carbons (Fsp3) is 0.174. The fourth-order valence-electron chi connectivity index (χ4n) is 4.47. The molecule has 1 amide bonds. The maximum absolute atomic E-state index is 13.8. The summed E-state index contributed by atoms with van der Waals surface area (Å²) in [6.07, 6.45) is 0.794. The second-order valence-corrected chi connectivity index (χ2v) is 7.30. The van der Waals surface area contributed by atoms with Gasteiger partial charge in [-0.05, 0) is 35.7 Å². The molecule has 0 bridgehead atoms. The quantitative estimate of drug-likeness (QED) is 0.501. The van der Waals surface area contributed by atoms with E-state index >= 15 is 0 Å². The molecule has 1 atom stereocenters. The summed E-state index contributed by atoms with van der Waals surface area (Å²) in [5, 5.41) is 0. The topological polar surface area (TPSA) is 55.8 Å². The van der Waals surface area contributed by atoms with Crippen molar-refractivity contribution in [2.24, 2.45) is 0 Å². The predicted octanol–water partition coefficient (Wildman–Crippen LogP) is 4.39. The first-order valence-electron chi connectivity index (χ1n) is 9.39. The standard InChI is InChI=1S/C23H17NO4/c25-22-23(17-9-10-19-20(13-17)28-27-19)21-16(11-12-26-23)7-4-8-18(21)24(22)14-15-5-2-1-3-6-15/h1-10,13H,11-12,14H2. The number of fused-ring (bicyclic) bond motifs is 1. The van der Waals surface area contributed by atoms with Crippen LogP contribution in [0.15, 0.2) is 75.9 Å². The molecular weight excluding hydrogens is 354 g/mol. The molecule has 1 unspecified atom stereocenters. The zero-order valence-corrected chi connectivity index (χ0v) is 15.1. The first kappa shape index (κ1) is 15.7. The average Bonchev–Trinajstić information content (AvgIpc) is 2.95. The van der Waals surface area contributed by atoms with Crippen molar-refractivity contribution in [3.63, 3.8) is 0 Å². The second-order valence-electron chi connectivity index (χ2n) is 7.30. The highest BCUT2D eigenvalue weighted by molar-refractivity contribution is 6.10. The van der Waals surface area contributed by atoms with Crippen molar-refractivity contribution < 1.29 is 18.7 Å². The predicted molar refractivity (Wildman–Crippen MR) is 103 cm³/mol. The van der Waals surface area contributed by atoms with Crippen LogP contribution in [0.25, 0.3) is 11.2 Å². The molecule has 0 spiro atoms. The Morgan fingerprint density at radius 2 is 1.79 bits per heavy atom. The third-order valence-electron chi connectivity index (χ3n) is 5.76. The van der Waals surface area contributed by atoms with Crippen LogP contribution < -0.4 is 4.90 Å². The van der Waals surface area contributed by atoms with Crippen molar-refractivity contribution in [1.29, 1.82) is 0 Å². The first-order valence-corrected chi connectivity index (χ1v) is 9.39. The van der Waals surface area contributed by atoms with E-state index in [1.54, 1.807) is 0 Å². The highest BCUT2D eigenvalue weighted by atomic mass is 17.0. The maximum atomic E-state index is 13.8. The van der Waals surface area contributed by atoms with Gasteiger partial charge in [0, 0.05) is 11.1 Å². The van der Waals surface area contributed by atoms with E-state index in [4.69, 9.17) is 13.9 Å². The molecule has 4 aromatic rings. The van der Waals surface area contributed by atoms with E-state index < -0.39 is 5.60 Å². The third kappa shape index (κ3) is 1.97. The largest absolute Gasteiger partial charge is 0.355 e. The van der Waals surface area contributed by atoms with Crippen molar-refractivity contribution in [3.8, 4) is 0 Å². The summed E-state index contributed by atoms with van der Waals surface area (Å²) >= 11 is 0. The van der Waals surface area contributed by atoms with E-state index in [0.29, 0.717) is 24.3 Å². The van der Waals surface area contributed by atoms with Gasteiger partial charge in [0.2, 0.25) is 11.2 Å². The van der Waals surface area contributed by atoms with Gasteiger partial charge in [-0.25, -0.2) is 0 Å². The van der Waals surface area contributed by atoms with Crippen molar-refractivity contribution in [2.45, 2.75) is 18.6 Å². The molecule has 0 fully saturated rings. The fourth-order valence-corrected chi connectivity index (χ4v) is 4.47. The summed E-state index contributed by atoms with van der Waals surface area (Å²) in [6, 6.07) is 21.7. The Morgan fingerprint density at radius 3 is 2.57 bits per heavy atom. The van der Waals surface area contributed by atoms with Crippen LogP contribution in [-0.4, -0.2) is 12.5 Å². The lowest BCUT2D eigenvalue weighted by atomic mass is 9.82. The lowest BCUT2D eigenvalue weighted by molar-refractivity contribution is -0.139. The minimum absolute atomic E-state index is 0.0568. The Hall–Kier alpha value is -3.31. The van der Waals surface area contributed by atoms with Crippen LogP contribution in [0, 0.1) is 0 Å². The van der Waals surface area contributed by atoms with Crippen molar-refractivity contribution in [2.75, 3.05) is 11.5 Å². The number of amides is 1. The number of hydrogen-bond acceptors (Lipinski definition) is 4. The van der Waals surface area contributed by atoms with Gasteiger partial charge in [0.25, 0.3) is 5.91 Å². The van der Waals surface area contributed by atoms with E-state index in [2.05, 4.69) is 6.07 Å². The number of hydrogen-bond donors (Lipinski definition) is 0. The molecule has 0 saturated carbocycles. The van der Waals surface area contributed by atoms with E-state index in [9.17, 15) is 4.79 Å². The minimum atomic E-state index is -1.13. The number of benzene rings is 3. The van der Waals surface area contributed by atoms with E-state index in [-0.39, 0.29) is 5.91 Å². The normalized spacial score (nSPS) is 20.7. The van der Waals surface area contributed by atoms with Gasteiger partial charge in [0.1, 0.15) is 0 Å². The summed E-state index contributed by atoms with van der Waals surface area (Å²) < 4.78 is 16.3. The molecule has 2 aliphatic heterocycles. The van der Waals surface area contributed by atoms with Gasteiger partial charge in [0.15, 0.2) is 5.60 Å². The highest BCUT2D eigenvalue weighted by Gasteiger charge is 2.56. The molecule has 0 saturated heterocycles. The number of ether oxygens (including phenoxy) is 1. The minimum Gasteiger partial charge on any atom is -0.355 e. The Bertz CT molecular complexity index is 1210. The molecular formula is C23H17NO4. The number of anilines is 1. The van der Waals surface area contributed by atoms with E-state index in [0.717, 1.165) is 34.4 Å². The highest BCUT2D eigenvalue weighted by Crippen LogP contribution is 2.51. The van der Waals surface area contributed by atoms with Crippen molar-refractivity contribution >= 4 is 22.8 Å². The molecule has 6 rings (SSSR count). The third-order valence-corrected chi connectivity index (χ3v) is 5.76. The van der Waals surface area contributed by atoms with Gasteiger partial charge >= 0.3 is 0 Å². The molecule has 0 radical (unpaired) electrons. The summed E-state index contributed by atoms with van der Waals surface area (Å²) in [5.74, 6) is -0.0568. The Balaban J connectivity index is 1.56. The first-order chi connectivity index (χ1) is 13.8. The maximum Gasteiger partial charge on any atom is 0.269 e. The van der Waals surface area contributed by atoms with Gasteiger partial charge < -0.3 is 9.64 Å². The van der Waals surface area contributed by atoms with Crippen molar-refractivity contribution in [1.82, 2.24) is 0 Å². The summed E-state index contributed by atoms with van der Waals surface area (Å²) in [4.78, 5) is 15.7. The molecule has 2 aliphatic rings. The lowest BCUT2D eigenvalue weighted by Gasteiger charge is -2.34. The van der Waals surface area contributed by atoms with Gasteiger partial charge in [-0.3, -0.25) is 13.9 Å². The summed E-state index contributed by atoms with van der Waals surface area (Å²) in [6.45, 7) is 1.00. The Labute approximate surface area is 161 Å². The zero-order valence-electron chi connectivity index (χ0n) is 15.1. The zero-order chi connectivity index (χ0) is 18.7. The number of carbonyl (C=O) groups is 1. The Morgan fingerprint density at radius 1 is 0.929 bits per heavy atom. The SMILES string of the molecule is O=C1N(Cc2ccccc2)c2cccc3c2C1(c1ccc2ooc2c1)OCC3. The molecule has 28 heavy (non-hydrogen) atoms. The van der Waals surface area contributed by atoms with Crippen LogP contribution in [0.1, 0.15) is 22.3 Å². The molecule has 0 N–H and O–H groups in total. The molecule has 0 aliphatic carbocycles. The van der Waals surface area contributed by atoms with Crippen molar-refractivity contribution in [3.05, 3.63) is 89.0 Å². The number of rotatable bonds is 3. The average molecular weight is 371 g/mol. The second kappa shape index (κ2) is 5.59. The molecule has 5 heteroatoms. The van der Waals surface area contributed by atoms with Gasteiger partial charge in [-0.2, -0.15) is 0 Å². The molecule has 1 aromatic heterocycles. The van der Waals surface area contributed by atoms with Gasteiger partial charge in [0.05, 0.1) is 18.8 Å². The monoisotopic (exact) mass is 371 g/mol. The summed E-state index contributed by atoms with van der Waals surface area (Å²) in [7, 11) is 0. The van der Waals surface area contributed by atoms with Crippen LogP contribution in [0.4, 0.5) is 5.69 Å². The summed E-state index contributed by atoms with van der Waals surface area (Å²) in [5.41, 5.74) is 5.08. The van der Waals surface area contributed by atoms with Crippen LogP contribution in [-0.2, 0) is 28.1 Å². The van der Waals surface area contributed by atoms with Crippen LogP contribution in [0.5, 0.6) is 0 Å². The Kier molecular flexibility index (Phi) is 3.14. The van der Waals surface area contributed by atoms with E-state index in [1.807, 2.05) is 65.6 Å². The number of carbonyl (C=O) groups excluding carboxylic acids is 1. The van der Waals surface area contributed by atoms with Gasteiger partial charge in [-0.15, -0.1) is 0 Å². The van der Waals surface area contributed by atoms with E-state index in [1.165, 1.54) is 0 Å².